The van der Waals surface area contributed by atoms with Gasteiger partial charge in [-0.2, -0.15) is 5.10 Å². The number of nitrogens with zero attached hydrogens (tertiary/aromatic N) is 2. The molecule has 0 aliphatic carbocycles. The summed E-state index contributed by atoms with van der Waals surface area (Å²) in [6.45, 7) is 4.47. The maximum absolute atomic E-state index is 11.2. The van der Waals surface area contributed by atoms with Gasteiger partial charge in [-0.05, 0) is 12.8 Å². The van der Waals surface area contributed by atoms with Crippen molar-refractivity contribution in [2.24, 2.45) is 0 Å². The lowest BCUT2D eigenvalue weighted by molar-refractivity contribution is 0.475. The first-order valence-corrected chi connectivity index (χ1v) is 7.00. The summed E-state index contributed by atoms with van der Waals surface area (Å²) in [4.78, 5) is 0. The molecule has 0 bridgehead atoms. The van der Waals surface area contributed by atoms with Crippen LogP contribution in [-0.4, -0.2) is 31.5 Å². The van der Waals surface area contributed by atoms with Crippen LogP contribution >= 0.6 is 0 Å². The maximum atomic E-state index is 11.2. The molecule has 0 radical (unpaired) electrons. The molecule has 1 saturated heterocycles. The maximum Gasteiger partial charge on any atom is 0.0538 e. The van der Waals surface area contributed by atoms with Crippen LogP contribution in [0.15, 0.2) is 19.0 Å². The summed E-state index contributed by atoms with van der Waals surface area (Å²) >= 11 is 0. The molecule has 0 aromatic carbocycles. The molecule has 0 atom stereocenters. The predicted octanol–water partition coefficient (Wildman–Crippen LogP) is 0.984. The number of hydrogen-bond acceptors (Lipinski definition) is 3. The Balaban J connectivity index is 1.78. The van der Waals surface area contributed by atoms with Gasteiger partial charge >= 0.3 is 0 Å². The van der Waals surface area contributed by atoms with E-state index in [4.69, 9.17) is 0 Å². The minimum Gasteiger partial charge on any atom is -0.310 e. The van der Waals surface area contributed by atoms with Crippen molar-refractivity contribution in [2.75, 3.05) is 11.5 Å². The molecular weight excluding hydrogens is 222 g/mol. The van der Waals surface area contributed by atoms with E-state index in [0.29, 0.717) is 6.04 Å². The normalized spacial score (nSPS) is 25.5. The number of nitrogens with one attached hydrogen (secondary N) is 1. The average Bonchev–Trinajstić information content (AvgIpc) is 2.76. The number of rotatable bonds is 4. The van der Waals surface area contributed by atoms with Gasteiger partial charge in [-0.25, -0.2) is 4.68 Å². The molecule has 2 rings (SSSR count). The van der Waals surface area contributed by atoms with Gasteiger partial charge in [0.1, 0.15) is 0 Å². The van der Waals surface area contributed by atoms with E-state index < -0.39 is 10.8 Å². The fraction of sp³-hybridized carbons (Fsp3) is 0.545. The third-order valence-electron chi connectivity index (χ3n) is 2.82. The van der Waals surface area contributed by atoms with Crippen LogP contribution in [0.3, 0.4) is 0 Å². The summed E-state index contributed by atoms with van der Waals surface area (Å²) < 4.78 is 12.9. The molecule has 1 aromatic heterocycles. The Bertz CT molecular complexity index is 378. The van der Waals surface area contributed by atoms with Gasteiger partial charge in [-0.3, -0.25) is 4.21 Å². The smallest absolute Gasteiger partial charge is 0.0538 e. The molecule has 0 saturated carbocycles. The van der Waals surface area contributed by atoms with Crippen molar-refractivity contribution in [3.63, 3.8) is 0 Å². The Morgan fingerprint density at radius 2 is 2.38 bits per heavy atom. The highest BCUT2D eigenvalue weighted by Crippen LogP contribution is 2.10. The summed E-state index contributed by atoms with van der Waals surface area (Å²) in [7, 11) is -0.576. The molecule has 2 heterocycles. The monoisotopic (exact) mass is 239 g/mol. The van der Waals surface area contributed by atoms with Crippen LogP contribution in [-0.2, 0) is 17.3 Å². The van der Waals surface area contributed by atoms with E-state index >= 15 is 0 Å². The van der Waals surface area contributed by atoms with Crippen molar-refractivity contribution in [1.82, 2.24) is 15.1 Å². The van der Waals surface area contributed by atoms with Gasteiger partial charge in [-0.1, -0.05) is 6.58 Å². The molecule has 1 aromatic rings. The molecule has 0 amide bonds. The zero-order chi connectivity index (χ0) is 11.4. The second kappa shape index (κ2) is 5.41. The van der Waals surface area contributed by atoms with Crippen LogP contribution in [0.5, 0.6) is 0 Å². The van der Waals surface area contributed by atoms with Gasteiger partial charge in [0.2, 0.25) is 0 Å². The lowest BCUT2D eigenvalue weighted by Crippen LogP contribution is -2.35. The first-order chi connectivity index (χ1) is 7.78. The highest BCUT2D eigenvalue weighted by molar-refractivity contribution is 7.85. The number of aromatic nitrogens is 2. The van der Waals surface area contributed by atoms with Crippen LogP contribution in [0.1, 0.15) is 18.4 Å². The first kappa shape index (κ1) is 11.5. The zero-order valence-corrected chi connectivity index (χ0v) is 10.1. The quantitative estimate of drug-likeness (QED) is 0.852. The molecule has 0 unspecified atom stereocenters. The molecular formula is C11H17N3OS. The zero-order valence-electron chi connectivity index (χ0n) is 9.26. The van der Waals surface area contributed by atoms with E-state index in [1.807, 2.05) is 12.4 Å². The Hall–Kier alpha value is -0.940. The van der Waals surface area contributed by atoms with E-state index in [1.165, 1.54) is 0 Å². The van der Waals surface area contributed by atoms with Crippen molar-refractivity contribution in [2.45, 2.75) is 25.4 Å². The highest BCUT2D eigenvalue weighted by Gasteiger charge is 2.16. The first-order valence-electron chi connectivity index (χ1n) is 5.52. The average molecular weight is 239 g/mol. The molecule has 1 aliphatic heterocycles. The van der Waals surface area contributed by atoms with E-state index in [-0.39, 0.29) is 0 Å². The fourth-order valence-corrected chi connectivity index (χ4v) is 3.13. The Kier molecular flexibility index (Phi) is 3.90. The van der Waals surface area contributed by atoms with Crippen molar-refractivity contribution >= 4 is 17.0 Å². The standard InChI is InChI=1S/C11H17N3OS/c1-2-14-9-10(8-13-14)7-12-11-3-5-16(15)6-4-11/h2,8-9,11-12H,1,3-7H2. The van der Waals surface area contributed by atoms with Crippen molar-refractivity contribution in [3.8, 4) is 0 Å². The molecule has 0 spiro atoms. The van der Waals surface area contributed by atoms with Crippen LogP contribution in [0.25, 0.3) is 6.20 Å². The van der Waals surface area contributed by atoms with Crippen molar-refractivity contribution in [3.05, 3.63) is 24.5 Å². The molecule has 1 fully saturated rings. The van der Waals surface area contributed by atoms with Crippen LogP contribution in [0, 0.1) is 0 Å². The summed E-state index contributed by atoms with van der Waals surface area (Å²) in [6, 6.07) is 0.504. The van der Waals surface area contributed by atoms with E-state index in [0.717, 1.165) is 36.5 Å². The van der Waals surface area contributed by atoms with E-state index in [2.05, 4.69) is 17.0 Å². The third kappa shape index (κ3) is 3.02. The Labute approximate surface area is 98.2 Å². The highest BCUT2D eigenvalue weighted by atomic mass is 32.2. The Morgan fingerprint density at radius 1 is 1.62 bits per heavy atom. The summed E-state index contributed by atoms with van der Waals surface area (Å²) in [5.41, 5.74) is 1.16. The lowest BCUT2D eigenvalue weighted by atomic mass is 10.1. The minimum absolute atomic E-state index is 0.504. The second-order valence-corrected chi connectivity index (χ2v) is 5.71. The predicted molar refractivity (Wildman–Crippen MR) is 66.4 cm³/mol. The van der Waals surface area contributed by atoms with Crippen LogP contribution in [0.4, 0.5) is 0 Å². The molecule has 16 heavy (non-hydrogen) atoms. The van der Waals surface area contributed by atoms with E-state index in [9.17, 15) is 4.21 Å². The van der Waals surface area contributed by atoms with Crippen molar-refractivity contribution in [1.29, 1.82) is 0 Å². The second-order valence-electron chi connectivity index (χ2n) is 4.01. The number of hydrogen-bond donors (Lipinski definition) is 1. The lowest BCUT2D eigenvalue weighted by Gasteiger charge is -2.22. The van der Waals surface area contributed by atoms with Gasteiger partial charge in [0.25, 0.3) is 0 Å². The molecule has 1 aliphatic rings. The molecule has 4 nitrogen and oxygen atoms in total. The Morgan fingerprint density at radius 3 is 3.00 bits per heavy atom. The van der Waals surface area contributed by atoms with Crippen LogP contribution in [0.2, 0.25) is 0 Å². The fourth-order valence-electron chi connectivity index (χ4n) is 1.83. The topological polar surface area (TPSA) is 46.9 Å². The van der Waals surface area contributed by atoms with Crippen LogP contribution < -0.4 is 5.32 Å². The third-order valence-corrected chi connectivity index (χ3v) is 4.21. The largest absolute Gasteiger partial charge is 0.310 e. The van der Waals surface area contributed by atoms with Gasteiger partial charge < -0.3 is 5.32 Å². The summed E-state index contributed by atoms with van der Waals surface area (Å²) in [5.74, 6) is 1.67. The van der Waals surface area contributed by atoms with Gasteiger partial charge in [0.05, 0.1) is 6.20 Å². The molecule has 88 valence electrons. The SMILES string of the molecule is C=Cn1cc(CNC2CCS(=O)CC2)cn1. The summed E-state index contributed by atoms with van der Waals surface area (Å²) in [5, 5.41) is 7.59. The van der Waals surface area contributed by atoms with E-state index in [1.54, 1.807) is 10.9 Å². The summed E-state index contributed by atoms with van der Waals surface area (Å²) in [6.07, 6.45) is 7.51. The minimum atomic E-state index is -0.576. The van der Waals surface area contributed by atoms with Gasteiger partial charge in [0.15, 0.2) is 0 Å². The molecule has 5 heteroatoms. The molecule has 1 N–H and O–H groups in total. The van der Waals surface area contributed by atoms with Crippen molar-refractivity contribution < 1.29 is 4.21 Å². The van der Waals surface area contributed by atoms with Gasteiger partial charge in [-0.15, -0.1) is 0 Å². The van der Waals surface area contributed by atoms with Gasteiger partial charge in [0, 0.05) is 52.9 Å².